The SMILES string of the molecule is O=C(CNc1cnc2cc(Cl)c(Cl)cc2n1)NC1CC1. The summed E-state index contributed by atoms with van der Waals surface area (Å²) >= 11 is 11.9. The van der Waals surface area contributed by atoms with E-state index in [1.807, 2.05) is 0 Å². The summed E-state index contributed by atoms with van der Waals surface area (Å²) < 4.78 is 0. The summed E-state index contributed by atoms with van der Waals surface area (Å²) in [7, 11) is 0. The maximum absolute atomic E-state index is 11.6. The third-order valence-electron chi connectivity index (χ3n) is 2.96. The van der Waals surface area contributed by atoms with Crippen LogP contribution in [0.15, 0.2) is 18.3 Å². The van der Waals surface area contributed by atoms with Crippen molar-refractivity contribution >= 4 is 46.0 Å². The number of rotatable bonds is 4. The quantitative estimate of drug-likeness (QED) is 0.911. The molecule has 1 aliphatic carbocycles. The Morgan fingerprint density at radius 2 is 1.95 bits per heavy atom. The zero-order valence-corrected chi connectivity index (χ0v) is 12.0. The van der Waals surface area contributed by atoms with Crippen LogP contribution in [-0.2, 0) is 4.79 Å². The van der Waals surface area contributed by atoms with Crippen LogP contribution < -0.4 is 10.6 Å². The van der Waals surface area contributed by atoms with Gasteiger partial charge in [0.15, 0.2) is 0 Å². The Morgan fingerprint density at radius 3 is 2.65 bits per heavy atom. The first kappa shape index (κ1) is 13.4. The lowest BCUT2D eigenvalue weighted by Crippen LogP contribution is -2.31. The van der Waals surface area contributed by atoms with Gasteiger partial charge in [-0.1, -0.05) is 23.2 Å². The molecule has 0 spiro atoms. The van der Waals surface area contributed by atoms with Gasteiger partial charge in [0.25, 0.3) is 0 Å². The Labute approximate surface area is 125 Å². The summed E-state index contributed by atoms with van der Waals surface area (Å²) in [6.07, 6.45) is 3.71. The van der Waals surface area contributed by atoms with Crippen molar-refractivity contribution in [2.24, 2.45) is 0 Å². The monoisotopic (exact) mass is 310 g/mol. The number of carbonyl (C=O) groups is 1. The average molecular weight is 311 g/mol. The summed E-state index contributed by atoms with van der Waals surface area (Å²) in [5.41, 5.74) is 1.29. The number of halogens is 2. The predicted octanol–water partition coefficient (Wildman–Crippen LogP) is 2.63. The number of hydrogen-bond donors (Lipinski definition) is 2. The zero-order chi connectivity index (χ0) is 14.1. The number of aromatic nitrogens is 2. The van der Waals surface area contributed by atoms with Gasteiger partial charge in [0, 0.05) is 6.04 Å². The van der Waals surface area contributed by atoms with Crippen molar-refractivity contribution in [3.63, 3.8) is 0 Å². The van der Waals surface area contributed by atoms with E-state index in [9.17, 15) is 4.79 Å². The van der Waals surface area contributed by atoms with Crippen LogP contribution in [0.1, 0.15) is 12.8 Å². The molecule has 0 radical (unpaired) electrons. The van der Waals surface area contributed by atoms with Crippen molar-refractivity contribution in [1.29, 1.82) is 0 Å². The van der Waals surface area contributed by atoms with Gasteiger partial charge in [-0.15, -0.1) is 0 Å². The summed E-state index contributed by atoms with van der Waals surface area (Å²) in [6, 6.07) is 3.67. The fraction of sp³-hybridized carbons (Fsp3) is 0.308. The first-order chi connectivity index (χ1) is 9.61. The van der Waals surface area contributed by atoms with Gasteiger partial charge >= 0.3 is 0 Å². The third kappa shape index (κ3) is 3.11. The third-order valence-corrected chi connectivity index (χ3v) is 3.68. The molecule has 0 atom stereocenters. The molecule has 1 fully saturated rings. The molecular formula is C13H12Cl2N4O. The summed E-state index contributed by atoms with van der Waals surface area (Å²) in [6.45, 7) is 0.179. The topological polar surface area (TPSA) is 66.9 Å². The van der Waals surface area contributed by atoms with Crippen LogP contribution in [0, 0.1) is 0 Å². The summed E-state index contributed by atoms with van der Waals surface area (Å²) in [5, 5.41) is 6.70. The minimum absolute atomic E-state index is 0.0384. The number of carbonyl (C=O) groups excluding carboxylic acids is 1. The maximum atomic E-state index is 11.6. The molecule has 1 amide bonds. The minimum Gasteiger partial charge on any atom is -0.360 e. The van der Waals surface area contributed by atoms with E-state index in [4.69, 9.17) is 23.2 Å². The molecule has 104 valence electrons. The highest BCUT2D eigenvalue weighted by Gasteiger charge is 2.22. The number of nitrogens with zero attached hydrogens (tertiary/aromatic N) is 2. The Balaban J connectivity index is 1.71. The molecule has 2 aromatic rings. The lowest BCUT2D eigenvalue weighted by atomic mass is 10.3. The van der Waals surface area contributed by atoms with Crippen molar-refractivity contribution in [1.82, 2.24) is 15.3 Å². The first-order valence-corrected chi connectivity index (χ1v) is 7.02. The second kappa shape index (κ2) is 5.42. The minimum atomic E-state index is -0.0384. The fourth-order valence-electron chi connectivity index (χ4n) is 1.77. The van der Waals surface area contributed by atoms with Gasteiger partial charge in [0.05, 0.1) is 33.8 Å². The van der Waals surface area contributed by atoms with Gasteiger partial charge in [-0.25, -0.2) is 4.98 Å². The molecule has 0 bridgehead atoms. The Hall–Kier alpha value is -1.59. The Bertz CT molecular complexity index is 673. The second-order valence-corrected chi connectivity index (χ2v) is 5.52. The molecule has 2 N–H and O–H groups in total. The van der Waals surface area contributed by atoms with E-state index in [0.29, 0.717) is 32.9 Å². The smallest absolute Gasteiger partial charge is 0.239 e. The maximum Gasteiger partial charge on any atom is 0.239 e. The Kier molecular flexibility index (Phi) is 3.63. The molecule has 0 aliphatic heterocycles. The van der Waals surface area contributed by atoms with E-state index >= 15 is 0 Å². The number of anilines is 1. The van der Waals surface area contributed by atoms with Gasteiger partial charge in [0.1, 0.15) is 5.82 Å². The van der Waals surface area contributed by atoms with Crippen LogP contribution in [0.5, 0.6) is 0 Å². The fourth-order valence-corrected chi connectivity index (χ4v) is 2.09. The van der Waals surface area contributed by atoms with Gasteiger partial charge in [-0.3, -0.25) is 9.78 Å². The number of fused-ring (bicyclic) bond motifs is 1. The average Bonchev–Trinajstić information content (AvgIpc) is 3.22. The van der Waals surface area contributed by atoms with Gasteiger partial charge in [0.2, 0.25) is 5.91 Å². The van der Waals surface area contributed by atoms with Crippen LogP contribution in [0.4, 0.5) is 5.82 Å². The van der Waals surface area contributed by atoms with Crippen LogP contribution >= 0.6 is 23.2 Å². The molecule has 0 unspecified atom stereocenters. The van der Waals surface area contributed by atoms with Crippen molar-refractivity contribution in [2.75, 3.05) is 11.9 Å². The van der Waals surface area contributed by atoms with E-state index in [0.717, 1.165) is 12.8 Å². The lowest BCUT2D eigenvalue weighted by molar-refractivity contribution is -0.119. The second-order valence-electron chi connectivity index (χ2n) is 4.71. The van der Waals surface area contributed by atoms with Crippen molar-refractivity contribution in [3.05, 3.63) is 28.4 Å². The molecule has 1 heterocycles. The van der Waals surface area contributed by atoms with E-state index in [-0.39, 0.29) is 12.5 Å². The van der Waals surface area contributed by atoms with Crippen LogP contribution in [0.25, 0.3) is 11.0 Å². The molecule has 1 aliphatic rings. The molecular weight excluding hydrogens is 299 g/mol. The van der Waals surface area contributed by atoms with Crippen LogP contribution in [-0.4, -0.2) is 28.5 Å². The van der Waals surface area contributed by atoms with Gasteiger partial charge in [-0.05, 0) is 25.0 Å². The molecule has 1 saturated carbocycles. The zero-order valence-electron chi connectivity index (χ0n) is 10.5. The largest absolute Gasteiger partial charge is 0.360 e. The van der Waals surface area contributed by atoms with Crippen molar-refractivity contribution in [2.45, 2.75) is 18.9 Å². The molecule has 7 heteroatoms. The highest BCUT2D eigenvalue weighted by Crippen LogP contribution is 2.26. The van der Waals surface area contributed by atoms with Gasteiger partial charge < -0.3 is 10.6 Å². The van der Waals surface area contributed by atoms with Crippen LogP contribution in [0.3, 0.4) is 0 Å². The van der Waals surface area contributed by atoms with E-state index < -0.39 is 0 Å². The molecule has 5 nitrogen and oxygen atoms in total. The Morgan fingerprint density at radius 1 is 1.25 bits per heavy atom. The normalized spacial score (nSPS) is 14.3. The number of benzene rings is 1. The van der Waals surface area contributed by atoms with Crippen LogP contribution in [0.2, 0.25) is 10.0 Å². The molecule has 0 saturated heterocycles. The van der Waals surface area contributed by atoms with E-state index in [2.05, 4.69) is 20.6 Å². The highest BCUT2D eigenvalue weighted by molar-refractivity contribution is 6.42. The molecule has 1 aromatic carbocycles. The number of hydrogen-bond acceptors (Lipinski definition) is 4. The summed E-state index contributed by atoms with van der Waals surface area (Å²) in [5.74, 6) is 0.491. The highest BCUT2D eigenvalue weighted by atomic mass is 35.5. The lowest BCUT2D eigenvalue weighted by Gasteiger charge is -2.07. The molecule has 1 aromatic heterocycles. The predicted molar refractivity (Wildman–Crippen MR) is 79.2 cm³/mol. The van der Waals surface area contributed by atoms with E-state index in [1.54, 1.807) is 18.3 Å². The van der Waals surface area contributed by atoms with Crippen molar-refractivity contribution in [3.8, 4) is 0 Å². The van der Waals surface area contributed by atoms with Crippen molar-refractivity contribution < 1.29 is 4.79 Å². The summed E-state index contributed by atoms with van der Waals surface area (Å²) in [4.78, 5) is 20.2. The van der Waals surface area contributed by atoms with E-state index in [1.165, 1.54) is 0 Å². The van der Waals surface area contributed by atoms with Gasteiger partial charge in [-0.2, -0.15) is 0 Å². The number of nitrogens with one attached hydrogen (secondary N) is 2. The first-order valence-electron chi connectivity index (χ1n) is 6.27. The standard InChI is InChI=1S/C13H12Cl2N4O/c14-8-3-10-11(4-9(8)15)19-12(5-16-10)17-6-13(20)18-7-1-2-7/h3-5,7H,1-2,6H2,(H,17,19)(H,18,20). The molecule has 20 heavy (non-hydrogen) atoms. The molecule has 3 rings (SSSR count). The number of amides is 1.